The number of rotatable bonds is 3. The summed E-state index contributed by atoms with van der Waals surface area (Å²) in [5, 5.41) is 3.07. The third kappa shape index (κ3) is 3.41. The highest BCUT2D eigenvalue weighted by Gasteiger charge is 2.16. The topological polar surface area (TPSA) is 12.0 Å². The zero-order chi connectivity index (χ0) is 14.0. The van der Waals surface area contributed by atoms with Crippen LogP contribution in [-0.2, 0) is 0 Å². The fourth-order valence-corrected chi connectivity index (χ4v) is 3.26. The summed E-state index contributed by atoms with van der Waals surface area (Å²) in [4.78, 5) is 0. The van der Waals surface area contributed by atoms with Crippen LogP contribution in [0.3, 0.4) is 0 Å². The smallest absolute Gasteiger partial charge is 0.126 e. The maximum Gasteiger partial charge on any atom is 0.126 e. The summed E-state index contributed by atoms with van der Waals surface area (Å²) in [6.45, 7) is 0. The fraction of sp³-hybridized carbons (Fsp3) is 0.143. The molecule has 100 valence electrons. The summed E-state index contributed by atoms with van der Waals surface area (Å²) in [7, 11) is 1.75. The van der Waals surface area contributed by atoms with Crippen LogP contribution in [0.2, 0.25) is 0 Å². The number of halogens is 4. The third-order valence-corrected chi connectivity index (χ3v) is 3.96. The molecule has 0 saturated carbocycles. The first-order valence-electron chi connectivity index (χ1n) is 5.59. The molecule has 2 aromatic carbocycles. The number of nitrogens with one attached hydrogen (secondary N) is 1. The Balaban J connectivity index is 2.49. The minimum absolute atomic E-state index is 0.285. The summed E-state index contributed by atoms with van der Waals surface area (Å²) < 4.78 is 28.4. The van der Waals surface area contributed by atoms with Crippen molar-refractivity contribution in [2.45, 2.75) is 6.04 Å². The quantitative estimate of drug-likeness (QED) is 0.793. The van der Waals surface area contributed by atoms with Gasteiger partial charge in [-0.1, -0.05) is 37.9 Å². The molecule has 0 fully saturated rings. The Bertz CT molecular complexity index is 582. The van der Waals surface area contributed by atoms with Crippen LogP contribution in [0.15, 0.2) is 45.3 Å². The van der Waals surface area contributed by atoms with Crippen LogP contribution in [0.4, 0.5) is 8.78 Å². The molecular weight excluding hydrogens is 380 g/mol. The van der Waals surface area contributed by atoms with Crippen LogP contribution >= 0.6 is 31.9 Å². The number of benzene rings is 2. The highest BCUT2D eigenvalue weighted by molar-refractivity contribution is 9.11. The highest BCUT2D eigenvalue weighted by atomic mass is 79.9. The average Bonchev–Trinajstić information content (AvgIpc) is 2.31. The van der Waals surface area contributed by atoms with Crippen molar-refractivity contribution >= 4 is 31.9 Å². The molecule has 0 aliphatic heterocycles. The predicted octanol–water partition coefficient (Wildman–Crippen LogP) is 4.80. The van der Waals surface area contributed by atoms with Gasteiger partial charge in [0.05, 0.1) is 6.04 Å². The maximum absolute atomic E-state index is 13.3. The average molecular weight is 391 g/mol. The van der Waals surface area contributed by atoms with Gasteiger partial charge in [0.2, 0.25) is 0 Å². The third-order valence-electron chi connectivity index (χ3n) is 2.78. The van der Waals surface area contributed by atoms with Gasteiger partial charge in [-0.3, -0.25) is 0 Å². The minimum Gasteiger partial charge on any atom is -0.309 e. The minimum atomic E-state index is -0.580. The molecule has 0 aliphatic rings. The van der Waals surface area contributed by atoms with Crippen LogP contribution in [-0.4, -0.2) is 7.05 Å². The van der Waals surface area contributed by atoms with Crippen molar-refractivity contribution in [1.82, 2.24) is 5.32 Å². The van der Waals surface area contributed by atoms with E-state index in [9.17, 15) is 8.78 Å². The van der Waals surface area contributed by atoms with Gasteiger partial charge in [0.15, 0.2) is 0 Å². The molecule has 19 heavy (non-hydrogen) atoms. The second-order valence-electron chi connectivity index (χ2n) is 4.09. The first-order chi connectivity index (χ1) is 9.01. The van der Waals surface area contributed by atoms with Crippen molar-refractivity contribution in [3.63, 3.8) is 0 Å². The van der Waals surface area contributed by atoms with Crippen LogP contribution < -0.4 is 5.32 Å². The van der Waals surface area contributed by atoms with Crippen LogP contribution in [0.5, 0.6) is 0 Å². The van der Waals surface area contributed by atoms with Gasteiger partial charge < -0.3 is 5.32 Å². The van der Waals surface area contributed by atoms with Gasteiger partial charge in [-0.15, -0.1) is 0 Å². The predicted molar refractivity (Wildman–Crippen MR) is 79.1 cm³/mol. The van der Waals surface area contributed by atoms with Crippen molar-refractivity contribution in [2.24, 2.45) is 0 Å². The first-order valence-corrected chi connectivity index (χ1v) is 7.18. The van der Waals surface area contributed by atoms with Crippen molar-refractivity contribution in [1.29, 1.82) is 0 Å². The van der Waals surface area contributed by atoms with E-state index in [4.69, 9.17) is 0 Å². The van der Waals surface area contributed by atoms with E-state index in [1.807, 2.05) is 18.2 Å². The Kier molecular flexibility index (Phi) is 4.71. The maximum atomic E-state index is 13.3. The van der Waals surface area contributed by atoms with E-state index in [2.05, 4.69) is 37.2 Å². The van der Waals surface area contributed by atoms with E-state index in [1.165, 1.54) is 12.1 Å². The van der Waals surface area contributed by atoms with E-state index in [1.54, 1.807) is 7.05 Å². The lowest BCUT2D eigenvalue weighted by molar-refractivity contribution is 0.571. The van der Waals surface area contributed by atoms with Crippen LogP contribution in [0, 0.1) is 11.6 Å². The molecule has 0 aromatic heterocycles. The van der Waals surface area contributed by atoms with Gasteiger partial charge in [0.1, 0.15) is 11.6 Å². The van der Waals surface area contributed by atoms with Crippen LogP contribution in [0.1, 0.15) is 17.2 Å². The Labute approximate surface area is 127 Å². The van der Waals surface area contributed by atoms with E-state index in [0.29, 0.717) is 5.56 Å². The van der Waals surface area contributed by atoms with E-state index < -0.39 is 11.6 Å². The Morgan fingerprint density at radius 1 is 1.00 bits per heavy atom. The summed E-state index contributed by atoms with van der Waals surface area (Å²) >= 11 is 6.84. The highest BCUT2D eigenvalue weighted by Crippen LogP contribution is 2.31. The molecule has 2 rings (SSSR count). The van der Waals surface area contributed by atoms with E-state index in [0.717, 1.165) is 20.6 Å². The zero-order valence-corrected chi connectivity index (χ0v) is 13.2. The second-order valence-corrected chi connectivity index (χ2v) is 5.86. The standard InChI is InChI=1S/C14H11Br2F2N/c1-19-14(8-4-10(17)7-11(18)5-8)12-3-2-9(15)6-13(12)16/h2-7,14,19H,1H3. The summed E-state index contributed by atoms with van der Waals surface area (Å²) in [5.41, 5.74) is 1.46. The van der Waals surface area contributed by atoms with E-state index in [-0.39, 0.29) is 6.04 Å². The van der Waals surface area contributed by atoms with Crippen molar-refractivity contribution in [3.8, 4) is 0 Å². The molecule has 0 heterocycles. The van der Waals surface area contributed by atoms with Crippen molar-refractivity contribution in [2.75, 3.05) is 7.05 Å². The van der Waals surface area contributed by atoms with Gasteiger partial charge in [-0.2, -0.15) is 0 Å². The molecule has 0 spiro atoms. The number of hydrogen-bond acceptors (Lipinski definition) is 1. The van der Waals surface area contributed by atoms with Gasteiger partial charge in [0, 0.05) is 15.0 Å². The molecule has 0 aliphatic carbocycles. The molecule has 2 aromatic rings. The molecule has 5 heteroatoms. The Hall–Kier alpha value is -0.780. The molecule has 0 saturated heterocycles. The Morgan fingerprint density at radius 2 is 1.63 bits per heavy atom. The van der Waals surface area contributed by atoms with Gasteiger partial charge >= 0.3 is 0 Å². The summed E-state index contributed by atoms with van der Waals surface area (Å²) in [6.07, 6.45) is 0. The Morgan fingerprint density at radius 3 is 2.16 bits per heavy atom. The van der Waals surface area contributed by atoms with E-state index >= 15 is 0 Å². The van der Waals surface area contributed by atoms with Crippen molar-refractivity contribution < 1.29 is 8.78 Å². The molecule has 0 bridgehead atoms. The van der Waals surface area contributed by atoms with Gasteiger partial charge in [-0.05, 0) is 42.4 Å². The summed E-state index contributed by atoms with van der Waals surface area (Å²) in [5.74, 6) is -1.16. The summed E-state index contributed by atoms with van der Waals surface area (Å²) in [6, 6.07) is 8.94. The first kappa shape index (κ1) is 14.6. The second kappa shape index (κ2) is 6.11. The molecule has 1 unspecified atom stereocenters. The SMILES string of the molecule is CNC(c1cc(F)cc(F)c1)c1ccc(Br)cc1Br. The van der Waals surface area contributed by atoms with Gasteiger partial charge in [-0.25, -0.2) is 8.78 Å². The largest absolute Gasteiger partial charge is 0.309 e. The lowest BCUT2D eigenvalue weighted by Gasteiger charge is -2.19. The van der Waals surface area contributed by atoms with Crippen molar-refractivity contribution in [3.05, 3.63) is 68.1 Å². The van der Waals surface area contributed by atoms with Gasteiger partial charge in [0.25, 0.3) is 0 Å². The van der Waals surface area contributed by atoms with Crippen LogP contribution in [0.25, 0.3) is 0 Å². The molecule has 1 N–H and O–H groups in total. The molecular formula is C14H11Br2F2N. The fourth-order valence-electron chi connectivity index (χ4n) is 1.98. The zero-order valence-electron chi connectivity index (χ0n) is 10.1. The lowest BCUT2D eigenvalue weighted by Crippen LogP contribution is -2.18. The monoisotopic (exact) mass is 389 g/mol. The number of hydrogen-bond donors (Lipinski definition) is 1. The normalized spacial score (nSPS) is 12.5. The molecule has 0 amide bonds. The lowest BCUT2D eigenvalue weighted by atomic mass is 9.99. The molecule has 1 nitrogen and oxygen atoms in total. The molecule has 0 radical (unpaired) electrons. The molecule has 1 atom stereocenters.